The SMILES string of the molecule is CNC(C)CCCSCc1ccccc1. The monoisotopic (exact) mass is 223 g/mol. The van der Waals surface area contributed by atoms with Crippen molar-refractivity contribution in [2.75, 3.05) is 12.8 Å². The van der Waals surface area contributed by atoms with Crippen LogP contribution in [0.4, 0.5) is 0 Å². The zero-order chi connectivity index (χ0) is 10.9. The quantitative estimate of drug-likeness (QED) is 0.712. The average molecular weight is 223 g/mol. The van der Waals surface area contributed by atoms with Crippen molar-refractivity contribution in [3.05, 3.63) is 35.9 Å². The van der Waals surface area contributed by atoms with Gasteiger partial charge in [0.1, 0.15) is 0 Å². The molecule has 0 aliphatic heterocycles. The highest BCUT2D eigenvalue weighted by atomic mass is 32.2. The minimum Gasteiger partial charge on any atom is -0.317 e. The van der Waals surface area contributed by atoms with Gasteiger partial charge in [-0.05, 0) is 38.1 Å². The van der Waals surface area contributed by atoms with E-state index in [1.807, 2.05) is 18.8 Å². The van der Waals surface area contributed by atoms with E-state index in [-0.39, 0.29) is 0 Å². The molecule has 0 radical (unpaired) electrons. The van der Waals surface area contributed by atoms with Gasteiger partial charge in [0, 0.05) is 11.8 Å². The fraction of sp³-hybridized carbons (Fsp3) is 0.538. The van der Waals surface area contributed by atoms with Crippen LogP contribution in [0, 0.1) is 0 Å². The summed E-state index contributed by atoms with van der Waals surface area (Å²) in [5.74, 6) is 2.41. The minimum absolute atomic E-state index is 0.655. The van der Waals surface area contributed by atoms with Gasteiger partial charge in [-0.2, -0.15) is 11.8 Å². The summed E-state index contributed by atoms with van der Waals surface area (Å²) in [5, 5.41) is 3.26. The minimum atomic E-state index is 0.655. The first-order valence-electron chi connectivity index (χ1n) is 5.62. The third kappa shape index (κ3) is 5.85. The first-order chi connectivity index (χ1) is 7.33. The Morgan fingerprint density at radius 1 is 1.27 bits per heavy atom. The Kier molecular flexibility index (Phi) is 6.53. The van der Waals surface area contributed by atoms with Crippen LogP contribution in [0.5, 0.6) is 0 Å². The van der Waals surface area contributed by atoms with Crippen LogP contribution in [0.25, 0.3) is 0 Å². The van der Waals surface area contributed by atoms with E-state index in [1.165, 1.54) is 24.2 Å². The molecule has 1 nitrogen and oxygen atoms in total. The first-order valence-corrected chi connectivity index (χ1v) is 6.77. The van der Waals surface area contributed by atoms with Crippen LogP contribution in [0.15, 0.2) is 30.3 Å². The van der Waals surface area contributed by atoms with E-state index in [1.54, 1.807) is 0 Å². The van der Waals surface area contributed by atoms with Crippen molar-refractivity contribution >= 4 is 11.8 Å². The lowest BCUT2D eigenvalue weighted by atomic mass is 10.2. The molecule has 1 unspecified atom stereocenters. The number of rotatable bonds is 7. The van der Waals surface area contributed by atoms with Crippen LogP contribution < -0.4 is 5.32 Å². The molecule has 1 aromatic rings. The summed E-state index contributed by atoms with van der Waals surface area (Å²) in [6, 6.07) is 11.3. The van der Waals surface area contributed by atoms with Gasteiger partial charge < -0.3 is 5.32 Å². The highest BCUT2D eigenvalue weighted by molar-refractivity contribution is 7.98. The van der Waals surface area contributed by atoms with Crippen molar-refractivity contribution in [1.29, 1.82) is 0 Å². The Morgan fingerprint density at radius 3 is 2.67 bits per heavy atom. The molecule has 2 heteroatoms. The summed E-state index contributed by atoms with van der Waals surface area (Å²) in [5.41, 5.74) is 1.43. The van der Waals surface area contributed by atoms with Crippen LogP contribution >= 0.6 is 11.8 Å². The van der Waals surface area contributed by atoms with E-state index in [0.29, 0.717) is 6.04 Å². The molecule has 0 heterocycles. The van der Waals surface area contributed by atoms with Crippen molar-refractivity contribution in [2.24, 2.45) is 0 Å². The van der Waals surface area contributed by atoms with Gasteiger partial charge in [-0.25, -0.2) is 0 Å². The Hall–Kier alpha value is -0.470. The molecule has 0 saturated carbocycles. The maximum absolute atomic E-state index is 3.26. The molecule has 1 N–H and O–H groups in total. The standard InChI is InChI=1S/C13H21NS/c1-12(14-2)7-6-10-15-11-13-8-4-3-5-9-13/h3-5,8-9,12,14H,6-7,10-11H2,1-2H3. The molecule has 0 spiro atoms. The molecule has 0 saturated heterocycles. The third-order valence-electron chi connectivity index (χ3n) is 2.53. The molecule has 15 heavy (non-hydrogen) atoms. The van der Waals surface area contributed by atoms with Gasteiger partial charge in [-0.3, -0.25) is 0 Å². The lowest BCUT2D eigenvalue weighted by Crippen LogP contribution is -2.20. The fourth-order valence-corrected chi connectivity index (χ4v) is 2.34. The van der Waals surface area contributed by atoms with Gasteiger partial charge in [0.15, 0.2) is 0 Å². The Labute approximate surface area is 97.7 Å². The number of benzene rings is 1. The maximum atomic E-state index is 3.26. The predicted molar refractivity (Wildman–Crippen MR) is 70.4 cm³/mol. The van der Waals surface area contributed by atoms with E-state index in [2.05, 4.69) is 42.6 Å². The second kappa shape index (κ2) is 7.77. The summed E-state index contributed by atoms with van der Waals surface area (Å²) in [4.78, 5) is 0. The summed E-state index contributed by atoms with van der Waals surface area (Å²) >= 11 is 2.03. The fourth-order valence-electron chi connectivity index (χ4n) is 1.40. The Morgan fingerprint density at radius 2 is 2.00 bits per heavy atom. The lowest BCUT2D eigenvalue weighted by Gasteiger charge is -2.08. The second-order valence-electron chi connectivity index (χ2n) is 3.87. The van der Waals surface area contributed by atoms with Crippen molar-refractivity contribution in [3.8, 4) is 0 Å². The van der Waals surface area contributed by atoms with Crippen molar-refractivity contribution in [2.45, 2.75) is 31.6 Å². The molecule has 1 aromatic carbocycles. The Balaban J connectivity index is 2.03. The van der Waals surface area contributed by atoms with Gasteiger partial charge in [0.25, 0.3) is 0 Å². The van der Waals surface area contributed by atoms with Crippen molar-refractivity contribution < 1.29 is 0 Å². The van der Waals surface area contributed by atoms with Gasteiger partial charge in [-0.15, -0.1) is 0 Å². The smallest absolute Gasteiger partial charge is 0.0184 e. The zero-order valence-corrected chi connectivity index (χ0v) is 10.5. The molecule has 0 aromatic heterocycles. The molecule has 0 aliphatic rings. The molecule has 84 valence electrons. The number of thioether (sulfide) groups is 1. The van der Waals surface area contributed by atoms with Crippen LogP contribution in [0.2, 0.25) is 0 Å². The van der Waals surface area contributed by atoms with Crippen LogP contribution in [-0.2, 0) is 5.75 Å². The van der Waals surface area contributed by atoms with E-state index in [9.17, 15) is 0 Å². The van der Waals surface area contributed by atoms with E-state index in [0.717, 1.165) is 5.75 Å². The van der Waals surface area contributed by atoms with Gasteiger partial charge in [0.2, 0.25) is 0 Å². The van der Waals surface area contributed by atoms with Crippen LogP contribution in [0.1, 0.15) is 25.3 Å². The molecule has 0 amide bonds. The van der Waals surface area contributed by atoms with E-state index in [4.69, 9.17) is 0 Å². The third-order valence-corrected chi connectivity index (χ3v) is 3.64. The molecule has 0 bridgehead atoms. The average Bonchev–Trinajstić information content (AvgIpc) is 2.29. The maximum Gasteiger partial charge on any atom is 0.0184 e. The largest absolute Gasteiger partial charge is 0.317 e. The lowest BCUT2D eigenvalue weighted by molar-refractivity contribution is 0.559. The molecule has 0 aliphatic carbocycles. The normalized spacial score (nSPS) is 12.7. The van der Waals surface area contributed by atoms with E-state index >= 15 is 0 Å². The summed E-state index contributed by atoms with van der Waals surface area (Å²) in [7, 11) is 2.03. The second-order valence-corrected chi connectivity index (χ2v) is 4.98. The highest BCUT2D eigenvalue weighted by Crippen LogP contribution is 2.13. The summed E-state index contributed by atoms with van der Waals surface area (Å²) in [6.07, 6.45) is 2.58. The van der Waals surface area contributed by atoms with Crippen molar-refractivity contribution in [1.82, 2.24) is 5.32 Å². The van der Waals surface area contributed by atoms with Gasteiger partial charge in [-0.1, -0.05) is 30.3 Å². The number of hydrogen-bond acceptors (Lipinski definition) is 2. The first kappa shape index (κ1) is 12.6. The number of hydrogen-bond donors (Lipinski definition) is 1. The van der Waals surface area contributed by atoms with Crippen LogP contribution in [-0.4, -0.2) is 18.8 Å². The van der Waals surface area contributed by atoms with Gasteiger partial charge in [0.05, 0.1) is 0 Å². The number of nitrogens with one attached hydrogen (secondary N) is 1. The summed E-state index contributed by atoms with van der Waals surface area (Å²) in [6.45, 7) is 2.24. The molecular formula is C13H21NS. The highest BCUT2D eigenvalue weighted by Gasteiger charge is 1.97. The summed E-state index contributed by atoms with van der Waals surface area (Å²) < 4.78 is 0. The molecule has 1 atom stereocenters. The zero-order valence-electron chi connectivity index (χ0n) is 9.70. The Bertz CT molecular complexity index is 248. The molecular weight excluding hydrogens is 202 g/mol. The van der Waals surface area contributed by atoms with Crippen molar-refractivity contribution in [3.63, 3.8) is 0 Å². The predicted octanol–water partition coefficient (Wildman–Crippen LogP) is 3.31. The van der Waals surface area contributed by atoms with Gasteiger partial charge >= 0.3 is 0 Å². The van der Waals surface area contributed by atoms with E-state index < -0.39 is 0 Å². The molecule has 0 fully saturated rings. The topological polar surface area (TPSA) is 12.0 Å². The molecule has 1 rings (SSSR count). The van der Waals surface area contributed by atoms with Crippen LogP contribution in [0.3, 0.4) is 0 Å².